The van der Waals surface area contributed by atoms with E-state index in [1.165, 1.54) is 0 Å². The molecule has 1 fully saturated rings. The van der Waals surface area contributed by atoms with Gasteiger partial charge < -0.3 is 10.0 Å². The Hall–Kier alpha value is -2.00. The van der Waals surface area contributed by atoms with Crippen LogP contribution in [0.4, 0.5) is 17.5 Å². The molecule has 1 aliphatic rings. The molecule has 1 saturated heterocycles. The van der Waals surface area contributed by atoms with Gasteiger partial charge in [-0.3, -0.25) is 15.5 Å². The predicted octanol–water partition coefficient (Wildman–Crippen LogP) is 0.330. The normalized spacial score (nSPS) is 18.9. The lowest BCUT2D eigenvalue weighted by atomic mass is 10.0. The third kappa shape index (κ3) is 2.63. The minimum atomic E-state index is -0.492. The Balaban J connectivity index is 2.51. The Morgan fingerprint density at radius 2 is 2.30 bits per heavy atom. The van der Waals surface area contributed by atoms with Crippen molar-refractivity contribution in [1.29, 1.82) is 0 Å². The van der Waals surface area contributed by atoms with Crippen molar-refractivity contribution in [2.24, 2.45) is 5.84 Å². The number of aliphatic hydroxyl groups excluding tert-OH is 1. The van der Waals surface area contributed by atoms with Gasteiger partial charge in [-0.25, -0.2) is 10.8 Å². The molecule has 1 aliphatic heterocycles. The Kier molecular flexibility index (Phi) is 4.30. The van der Waals surface area contributed by atoms with E-state index < -0.39 is 4.92 Å². The average Bonchev–Trinajstić information content (AvgIpc) is 2.45. The summed E-state index contributed by atoms with van der Waals surface area (Å²) in [6, 6.07) is -0.164. The minimum absolute atomic E-state index is 0.0639. The molecule has 2 rings (SSSR count). The quantitative estimate of drug-likeness (QED) is 0.409. The highest BCUT2D eigenvalue weighted by molar-refractivity contribution is 5.63. The molecule has 0 saturated carbocycles. The van der Waals surface area contributed by atoms with E-state index in [4.69, 9.17) is 5.84 Å². The Labute approximate surface area is 115 Å². The summed E-state index contributed by atoms with van der Waals surface area (Å²) in [6.07, 6.45) is 2.67. The molecule has 110 valence electrons. The topological polar surface area (TPSA) is 130 Å². The van der Waals surface area contributed by atoms with Crippen molar-refractivity contribution in [3.05, 3.63) is 15.8 Å². The molecule has 2 heterocycles. The number of aryl methyl sites for hydroxylation is 1. The van der Waals surface area contributed by atoms with Crippen LogP contribution in [0.25, 0.3) is 0 Å². The molecule has 0 radical (unpaired) electrons. The van der Waals surface area contributed by atoms with Crippen LogP contribution in [0.5, 0.6) is 0 Å². The second-order valence-electron chi connectivity index (χ2n) is 4.73. The number of rotatable bonds is 4. The predicted molar refractivity (Wildman–Crippen MR) is 73.3 cm³/mol. The number of hydrogen-bond donors (Lipinski definition) is 3. The smallest absolute Gasteiger partial charge is 0.332 e. The maximum Gasteiger partial charge on any atom is 0.332 e. The molecule has 1 aromatic heterocycles. The van der Waals surface area contributed by atoms with Crippen LogP contribution >= 0.6 is 0 Å². The van der Waals surface area contributed by atoms with Crippen LogP contribution in [0, 0.1) is 17.0 Å². The van der Waals surface area contributed by atoms with Gasteiger partial charge in [-0.05, 0) is 26.2 Å². The maximum atomic E-state index is 11.3. The zero-order valence-corrected chi connectivity index (χ0v) is 11.2. The lowest BCUT2D eigenvalue weighted by Gasteiger charge is -2.35. The molecule has 9 heteroatoms. The van der Waals surface area contributed by atoms with Gasteiger partial charge in [0.25, 0.3) is 0 Å². The molecule has 0 aromatic carbocycles. The number of nitrogens with two attached hydrogens (primary N) is 1. The summed E-state index contributed by atoms with van der Waals surface area (Å²) in [4.78, 5) is 20.6. The van der Waals surface area contributed by atoms with E-state index >= 15 is 0 Å². The van der Waals surface area contributed by atoms with Gasteiger partial charge in [-0.1, -0.05) is 0 Å². The number of hydrazine groups is 1. The van der Waals surface area contributed by atoms with Gasteiger partial charge in [-0.15, -0.1) is 0 Å². The van der Waals surface area contributed by atoms with Crippen LogP contribution in [0.3, 0.4) is 0 Å². The van der Waals surface area contributed by atoms with E-state index in [2.05, 4.69) is 15.4 Å². The molecule has 0 amide bonds. The summed E-state index contributed by atoms with van der Waals surface area (Å²) >= 11 is 0. The highest BCUT2D eigenvalue weighted by atomic mass is 16.6. The second kappa shape index (κ2) is 5.97. The fraction of sp³-hybridized carbons (Fsp3) is 0.636. The first-order valence-electron chi connectivity index (χ1n) is 6.45. The zero-order chi connectivity index (χ0) is 14.7. The highest BCUT2D eigenvalue weighted by Gasteiger charge is 2.31. The lowest BCUT2D eigenvalue weighted by Crippen LogP contribution is -2.43. The number of aromatic nitrogens is 2. The number of nitrogens with one attached hydrogen (secondary N) is 1. The van der Waals surface area contributed by atoms with Crippen molar-refractivity contribution in [2.45, 2.75) is 32.2 Å². The molecule has 9 nitrogen and oxygen atoms in total. The number of nitro groups is 1. The largest absolute Gasteiger partial charge is 0.394 e. The molecule has 0 bridgehead atoms. The van der Waals surface area contributed by atoms with Gasteiger partial charge in [0.05, 0.1) is 17.6 Å². The summed E-state index contributed by atoms with van der Waals surface area (Å²) in [6.45, 7) is 2.10. The van der Waals surface area contributed by atoms with Crippen molar-refractivity contribution in [1.82, 2.24) is 9.97 Å². The minimum Gasteiger partial charge on any atom is -0.394 e. The number of aliphatic hydroxyl groups is 1. The zero-order valence-electron chi connectivity index (χ0n) is 11.2. The molecule has 1 atom stereocenters. The second-order valence-corrected chi connectivity index (χ2v) is 4.73. The fourth-order valence-corrected chi connectivity index (χ4v) is 2.50. The molecular weight excluding hydrogens is 264 g/mol. The molecule has 4 N–H and O–H groups in total. The summed E-state index contributed by atoms with van der Waals surface area (Å²) in [7, 11) is 0. The Bertz CT molecular complexity index is 509. The Morgan fingerprint density at radius 1 is 1.55 bits per heavy atom. The van der Waals surface area contributed by atoms with E-state index in [1.54, 1.807) is 11.8 Å². The van der Waals surface area contributed by atoms with Crippen molar-refractivity contribution < 1.29 is 10.0 Å². The van der Waals surface area contributed by atoms with Crippen LogP contribution in [0.2, 0.25) is 0 Å². The molecule has 0 spiro atoms. The van der Waals surface area contributed by atoms with E-state index in [0.29, 0.717) is 6.54 Å². The third-order valence-electron chi connectivity index (χ3n) is 3.46. The third-order valence-corrected chi connectivity index (χ3v) is 3.46. The summed E-state index contributed by atoms with van der Waals surface area (Å²) in [5, 5.41) is 20.7. The van der Waals surface area contributed by atoms with E-state index in [1.807, 2.05) is 0 Å². The van der Waals surface area contributed by atoms with Gasteiger partial charge >= 0.3 is 5.69 Å². The molecule has 20 heavy (non-hydrogen) atoms. The van der Waals surface area contributed by atoms with Crippen molar-refractivity contribution >= 4 is 17.5 Å². The van der Waals surface area contributed by atoms with E-state index in [-0.39, 0.29) is 35.8 Å². The Morgan fingerprint density at radius 3 is 2.90 bits per heavy atom. The van der Waals surface area contributed by atoms with Crippen LogP contribution in [0.1, 0.15) is 25.0 Å². The van der Waals surface area contributed by atoms with Crippen LogP contribution in [0.15, 0.2) is 0 Å². The molecule has 1 unspecified atom stereocenters. The first-order valence-corrected chi connectivity index (χ1v) is 6.45. The number of anilines is 2. The number of hydrogen-bond acceptors (Lipinski definition) is 8. The molecular formula is C11H18N6O3. The van der Waals surface area contributed by atoms with Crippen LogP contribution in [-0.2, 0) is 0 Å². The summed E-state index contributed by atoms with van der Waals surface area (Å²) < 4.78 is 0. The van der Waals surface area contributed by atoms with Gasteiger partial charge in [-0.2, -0.15) is 4.98 Å². The van der Waals surface area contributed by atoms with E-state index in [0.717, 1.165) is 19.3 Å². The number of nitrogens with zero attached hydrogens (tertiary/aromatic N) is 4. The van der Waals surface area contributed by atoms with Gasteiger partial charge in [0, 0.05) is 6.54 Å². The van der Waals surface area contributed by atoms with E-state index in [9.17, 15) is 15.2 Å². The van der Waals surface area contributed by atoms with Crippen LogP contribution < -0.4 is 16.2 Å². The summed E-state index contributed by atoms with van der Waals surface area (Å²) in [5.41, 5.74) is 2.42. The van der Waals surface area contributed by atoms with Gasteiger partial charge in [0.1, 0.15) is 5.69 Å². The van der Waals surface area contributed by atoms with Gasteiger partial charge in [0.2, 0.25) is 11.8 Å². The first-order chi connectivity index (χ1) is 9.58. The molecule has 1 aromatic rings. The number of piperidine rings is 1. The fourth-order valence-electron chi connectivity index (χ4n) is 2.50. The SMILES string of the molecule is Cc1nc(NN)nc(N2CCCCC2CO)c1[N+](=O)[O-]. The number of nitrogen functional groups attached to an aromatic ring is 1. The van der Waals surface area contributed by atoms with Crippen molar-refractivity contribution in [3.63, 3.8) is 0 Å². The van der Waals surface area contributed by atoms with Gasteiger partial charge in [0.15, 0.2) is 0 Å². The lowest BCUT2D eigenvalue weighted by molar-refractivity contribution is -0.385. The van der Waals surface area contributed by atoms with Crippen LogP contribution in [-0.4, -0.2) is 39.2 Å². The standard InChI is InChI=1S/C11H18N6O3/c1-7-9(17(19)20)10(14-11(13-7)15-12)16-5-3-2-4-8(16)6-18/h8,18H,2-6,12H2,1H3,(H,13,14,15). The van der Waals surface area contributed by atoms with Crippen molar-refractivity contribution in [2.75, 3.05) is 23.5 Å². The average molecular weight is 282 g/mol. The monoisotopic (exact) mass is 282 g/mol. The molecule has 0 aliphatic carbocycles. The van der Waals surface area contributed by atoms with Crippen molar-refractivity contribution in [3.8, 4) is 0 Å². The first kappa shape index (κ1) is 14.4. The summed E-state index contributed by atoms with van der Waals surface area (Å²) in [5.74, 6) is 5.64. The maximum absolute atomic E-state index is 11.3. The highest BCUT2D eigenvalue weighted by Crippen LogP contribution is 2.33.